The molecule has 1 heterocycles. The van der Waals surface area contributed by atoms with Gasteiger partial charge in [-0.25, -0.2) is 0 Å². The summed E-state index contributed by atoms with van der Waals surface area (Å²) in [6.45, 7) is -1.88. The van der Waals surface area contributed by atoms with E-state index in [2.05, 4.69) is 0 Å². The number of halogens is 9. The highest BCUT2D eigenvalue weighted by atomic mass is 32.2. The van der Waals surface area contributed by atoms with Crippen LogP contribution in [0.1, 0.15) is 20.8 Å². The number of alkyl halides is 9. The van der Waals surface area contributed by atoms with E-state index in [1.807, 2.05) is 0 Å². The first-order chi connectivity index (χ1) is 21.0. The van der Waals surface area contributed by atoms with Gasteiger partial charge in [-0.3, -0.25) is 0 Å². The summed E-state index contributed by atoms with van der Waals surface area (Å²) in [5.74, 6) is -0.211. The molecule has 3 N–H and O–H groups in total. The SMILES string of the molecule is CC(O)(COc1cccc(-[s+]2c3cc(OCC(C)(O)C(F)(F)F)ccc3c3c(OCC(C)(O)C(F)(F)F)cccc32)c1)C(F)(F)F. The van der Waals surface area contributed by atoms with Crippen LogP contribution in [0.25, 0.3) is 25.1 Å². The number of thiophene rings is 1. The van der Waals surface area contributed by atoms with Gasteiger partial charge in [-0.05, 0) is 57.2 Å². The number of ether oxygens (including phenoxy) is 3. The van der Waals surface area contributed by atoms with E-state index < -0.39 is 65.6 Å². The van der Waals surface area contributed by atoms with Crippen LogP contribution >= 0.6 is 10.5 Å². The third-order valence-electron chi connectivity index (χ3n) is 7.07. The average Bonchev–Trinajstić information content (AvgIpc) is 3.26. The van der Waals surface area contributed by atoms with Gasteiger partial charge in [-0.1, -0.05) is 12.1 Å². The summed E-state index contributed by atoms with van der Waals surface area (Å²) < 4.78 is 136. The third-order valence-corrected chi connectivity index (χ3v) is 9.35. The Kier molecular flexibility index (Phi) is 9.20. The zero-order chi connectivity index (χ0) is 34.5. The molecule has 4 atom stereocenters. The van der Waals surface area contributed by atoms with Gasteiger partial charge in [0.15, 0.2) is 31.1 Å². The van der Waals surface area contributed by atoms with E-state index in [-0.39, 0.29) is 17.2 Å². The number of aliphatic hydroxyl groups is 3. The summed E-state index contributed by atoms with van der Waals surface area (Å²) in [7, 11) is -1.19. The maximum absolute atomic E-state index is 13.3. The number of fused-ring (bicyclic) bond motifs is 3. The first-order valence-corrected chi connectivity index (χ1v) is 14.6. The van der Waals surface area contributed by atoms with E-state index in [1.54, 1.807) is 12.1 Å². The summed E-state index contributed by atoms with van der Waals surface area (Å²) in [5, 5.41) is 30.2. The van der Waals surface area contributed by atoms with Crippen molar-refractivity contribution < 1.29 is 69.0 Å². The molecule has 252 valence electrons. The monoisotopic (exact) mass is 687 g/mol. The molecule has 0 aliphatic rings. The predicted molar refractivity (Wildman–Crippen MR) is 152 cm³/mol. The Bertz CT molecular complexity index is 1710. The molecule has 4 rings (SSSR count). The van der Waals surface area contributed by atoms with Crippen LogP contribution < -0.4 is 14.2 Å². The van der Waals surface area contributed by atoms with Gasteiger partial charge in [0, 0.05) is 22.6 Å². The lowest BCUT2D eigenvalue weighted by atomic mass is 10.1. The number of rotatable bonds is 10. The van der Waals surface area contributed by atoms with Crippen molar-refractivity contribution in [3.63, 3.8) is 0 Å². The van der Waals surface area contributed by atoms with Crippen LogP contribution in [0.3, 0.4) is 0 Å². The minimum absolute atomic E-state index is 0.0550. The van der Waals surface area contributed by atoms with Crippen LogP contribution in [0.5, 0.6) is 17.2 Å². The Balaban J connectivity index is 1.85. The molecule has 46 heavy (non-hydrogen) atoms. The second kappa shape index (κ2) is 12.0. The topological polar surface area (TPSA) is 88.4 Å². The van der Waals surface area contributed by atoms with Crippen LogP contribution in [0.15, 0.2) is 60.7 Å². The summed E-state index contributed by atoms with van der Waals surface area (Å²) >= 11 is 0. The fourth-order valence-corrected chi connectivity index (χ4v) is 6.46. The molecule has 4 unspecified atom stereocenters. The molecule has 0 aliphatic heterocycles. The fourth-order valence-electron chi connectivity index (χ4n) is 4.01. The van der Waals surface area contributed by atoms with Crippen molar-refractivity contribution in [3.05, 3.63) is 60.7 Å². The maximum atomic E-state index is 13.3. The predicted octanol–water partition coefficient (Wildman–Crippen LogP) is 7.81. The van der Waals surface area contributed by atoms with Gasteiger partial charge in [0.1, 0.15) is 37.1 Å². The van der Waals surface area contributed by atoms with E-state index in [4.69, 9.17) is 14.2 Å². The molecule has 0 aliphatic carbocycles. The Morgan fingerprint density at radius 3 is 1.57 bits per heavy atom. The number of hydrogen-bond donors (Lipinski definition) is 3. The van der Waals surface area contributed by atoms with E-state index in [0.29, 0.717) is 45.8 Å². The molecular formula is C30H28F9O6S+. The molecule has 16 heteroatoms. The van der Waals surface area contributed by atoms with Crippen LogP contribution in [-0.4, -0.2) is 70.5 Å². The highest BCUT2D eigenvalue weighted by molar-refractivity contribution is 7.50. The van der Waals surface area contributed by atoms with Gasteiger partial charge >= 0.3 is 18.5 Å². The lowest BCUT2D eigenvalue weighted by Crippen LogP contribution is -2.47. The Morgan fingerprint density at radius 2 is 1.04 bits per heavy atom. The van der Waals surface area contributed by atoms with Crippen molar-refractivity contribution in [2.24, 2.45) is 0 Å². The van der Waals surface area contributed by atoms with Crippen LogP contribution in [0, 0.1) is 0 Å². The van der Waals surface area contributed by atoms with E-state index in [0.717, 1.165) is 0 Å². The highest BCUT2D eigenvalue weighted by Gasteiger charge is 2.52. The molecule has 4 aromatic rings. The van der Waals surface area contributed by atoms with Gasteiger partial charge in [0.25, 0.3) is 0 Å². The summed E-state index contributed by atoms with van der Waals surface area (Å²) in [5.41, 5.74) is -9.59. The first-order valence-electron chi connectivity index (χ1n) is 13.3. The van der Waals surface area contributed by atoms with Crippen molar-refractivity contribution in [1.29, 1.82) is 0 Å². The van der Waals surface area contributed by atoms with Gasteiger partial charge in [-0.15, -0.1) is 0 Å². The van der Waals surface area contributed by atoms with Crippen molar-refractivity contribution in [2.45, 2.75) is 56.1 Å². The standard InChI is InChI=1S/C30H28F9O6S/c1-25(40,28(31,32)33)14-43-17-6-4-7-19(12-17)46-22-9-5-8-21(45-16-27(3,42)30(37,38)39)24(22)20-11-10-18(13-23(20)46)44-15-26(2,41)29(34,35)36/h4-13,40-42H,14-16H2,1-3H3/q+1. The van der Waals surface area contributed by atoms with Crippen molar-refractivity contribution in [2.75, 3.05) is 19.8 Å². The van der Waals surface area contributed by atoms with Crippen LogP contribution in [-0.2, 0) is 0 Å². The molecule has 0 radical (unpaired) electrons. The van der Waals surface area contributed by atoms with Gasteiger partial charge in [0.2, 0.25) is 0 Å². The molecule has 1 aromatic heterocycles. The van der Waals surface area contributed by atoms with E-state index >= 15 is 0 Å². The minimum atomic E-state index is -5.02. The number of benzene rings is 3. The van der Waals surface area contributed by atoms with Crippen LogP contribution in [0.2, 0.25) is 0 Å². The molecule has 0 bridgehead atoms. The fraction of sp³-hybridized carbons (Fsp3) is 0.400. The molecule has 0 fully saturated rings. The largest absolute Gasteiger partial charge is 0.490 e. The Labute approximate surface area is 258 Å². The van der Waals surface area contributed by atoms with Gasteiger partial charge in [-0.2, -0.15) is 39.5 Å². The second-order valence-electron chi connectivity index (χ2n) is 11.2. The Morgan fingerprint density at radius 1 is 0.565 bits per heavy atom. The normalized spacial score (nSPS) is 17.3. The van der Waals surface area contributed by atoms with Gasteiger partial charge in [0.05, 0.1) is 10.8 Å². The maximum Gasteiger partial charge on any atom is 0.420 e. The van der Waals surface area contributed by atoms with E-state index in [9.17, 15) is 54.8 Å². The molecule has 3 aromatic carbocycles. The molecule has 0 saturated carbocycles. The molecule has 0 spiro atoms. The van der Waals surface area contributed by atoms with Crippen molar-refractivity contribution >= 4 is 30.6 Å². The average molecular weight is 688 g/mol. The molecule has 6 nitrogen and oxygen atoms in total. The van der Waals surface area contributed by atoms with Gasteiger partial charge < -0.3 is 29.5 Å². The summed E-state index contributed by atoms with van der Waals surface area (Å²) in [6, 6.07) is 14.3. The zero-order valence-electron chi connectivity index (χ0n) is 24.3. The first kappa shape index (κ1) is 35.4. The second-order valence-corrected chi connectivity index (χ2v) is 13.2. The highest BCUT2D eigenvalue weighted by Crippen LogP contribution is 2.52. The lowest BCUT2D eigenvalue weighted by Gasteiger charge is -2.26. The van der Waals surface area contributed by atoms with Crippen molar-refractivity contribution in [3.8, 4) is 22.1 Å². The third kappa shape index (κ3) is 7.09. The lowest BCUT2D eigenvalue weighted by molar-refractivity contribution is -0.260. The zero-order valence-corrected chi connectivity index (χ0v) is 25.1. The van der Waals surface area contributed by atoms with Crippen molar-refractivity contribution in [1.82, 2.24) is 0 Å². The smallest absolute Gasteiger partial charge is 0.420 e. The summed E-state index contributed by atoms with van der Waals surface area (Å²) in [6.07, 6.45) is -15.0. The number of hydrogen-bond acceptors (Lipinski definition) is 6. The minimum Gasteiger partial charge on any atom is -0.490 e. The molecule has 0 saturated heterocycles. The molecule has 0 amide bonds. The summed E-state index contributed by atoms with van der Waals surface area (Å²) in [4.78, 5) is 0.419. The Hall–Kier alpha value is -3.47. The quantitative estimate of drug-likeness (QED) is 0.117. The van der Waals surface area contributed by atoms with E-state index in [1.165, 1.54) is 48.5 Å². The molecular weight excluding hydrogens is 659 g/mol. The van der Waals surface area contributed by atoms with Crippen LogP contribution in [0.4, 0.5) is 39.5 Å².